The molecule has 1 fully saturated rings. The lowest BCUT2D eigenvalue weighted by molar-refractivity contribution is -0.167. The van der Waals surface area contributed by atoms with Gasteiger partial charge in [-0.15, -0.1) is 0 Å². The summed E-state index contributed by atoms with van der Waals surface area (Å²) in [6.45, 7) is 7.45. The highest BCUT2D eigenvalue weighted by molar-refractivity contribution is 5.76. The average Bonchev–Trinajstić information content (AvgIpc) is 2.26. The second-order valence-electron chi connectivity index (χ2n) is 5.72. The lowest BCUT2D eigenvalue weighted by Crippen LogP contribution is -2.55. The standard InChI is InChI=1S/C13H25NO4/c1-10(8-17-4)5-12(16)14-6-11(7-15)18-13(2,3)9-14/h10-11,15H,5-9H2,1-4H3. The Balaban J connectivity index is 2.56. The minimum absolute atomic E-state index is 0.0547. The lowest BCUT2D eigenvalue weighted by Gasteiger charge is -2.42. The Kier molecular flexibility index (Phi) is 5.56. The van der Waals surface area contributed by atoms with E-state index in [4.69, 9.17) is 9.47 Å². The molecular weight excluding hydrogens is 234 g/mol. The summed E-state index contributed by atoms with van der Waals surface area (Å²) in [5.74, 6) is 0.315. The molecule has 0 spiro atoms. The molecule has 5 heteroatoms. The van der Waals surface area contributed by atoms with Gasteiger partial charge in [0.05, 0.1) is 18.3 Å². The third-order valence-electron chi connectivity index (χ3n) is 3.01. The van der Waals surface area contributed by atoms with E-state index in [1.54, 1.807) is 12.0 Å². The maximum atomic E-state index is 12.2. The van der Waals surface area contributed by atoms with E-state index >= 15 is 0 Å². The van der Waals surface area contributed by atoms with E-state index in [-0.39, 0.29) is 24.5 Å². The highest BCUT2D eigenvalue weighted by Gasteiger charge is 2.35. The van der Waals surface area contributed by atoms with Gasteiger partial charge in [-0.2, -0.15) is 0 Å². The number of ether oxygens (including phenoxy) is 2. The first-order valence-corrected chi connectivity index (χ1v) is 6.43. The zero-order valence-electron chi connectivity index (χ0n) is 11.8. The number of methoxy groups -OCH3 is 1. The second kappa shape index (κ2) is 6.50. The monoisotopic (exact) mass is 259 g/mol. The van der Waals surface area contributed by atoms with Crippen molar-refractivity contribution < 1.29 is 19.4 Å². The molecule has 5 nitrogen and oxygen atoms in total. The quantitative estimate of drug-likeness (QED) is 0.788. The number of morpholine rings is 1. The van der Waals surface area contributed by atoms with Gasteiger partial charge in [-0.1, -0.05) is 6.92 Å². The fourth-order valence-corrected chi connectivity index (χ4v) is 2.35. The van der Waals surface area contributed by atoms with Gasteiger partial charge in [0.15, 0.2) is 0 Å². The zero-order valence-corrected chi connectivity index (χ0v) is 11.8. The number of carbonyl (C=O) groups is 1. The molecule has 0 bridgehead atoms. The molecule has 1 N–H and O–H groups in total. The third kappa shape index (κ3) is 4.55. The van der Waals surface area contributed by atoms with Gasteiger partial charge >= 0.3 is 0 Å². The Morgan fingerprint density at radius 1 is 1.61 bits per heavy atom. The van der Waals surface area contributed by atoms with E-state index in [0.717, 1.165) is 0 Å². The van der Waals surface area contributed by atoms with Gasteiger partial charge in [-0.3, -0.25) is 4.79 Å². The van der Waals surface area contributed by atoms with Crippen LogP contribution in [0.2, 0.25) is 0 Å². The molecule has 1 aliphatic heterocycles. The van der Waals surface area contributed by atoms with E-state index < -0.39 is 5.60 Å². The molecule has 2 unspecified atom stereocenters. The second-order valence-corrected chi connectivity index (χ2v) is 5.72. The van der Waals surface area contributed by atoms with Crippen LogP contribution in [0.15, 0.2) is 0 Å². The van der Waals surface area contributed by atoms with Gasteiger partial charge in [0.1, 0.15) is 0 Å². The molecule has 2 atom stereocenters. The summed E-state index contributed by atoms with van der Waals surface area (Å²) in [6, 6.07) is 0. The van der Waals surface area contributed by atoms with E-state index in [0.29, 0.717) is 26.1 Å². The first-order valence-electron chi connectivity index (χ1n) is 6.43. The summed E-state index contributed by atoms with van der Waals surface area (Å²) >= 11 is 0. The Bertz CT molecular complexity index is 280. The highest BCUT2D eigenvalue weighted by Crippen LogP contribution is 2.22. The van der Waals surface area contributed by atoms with Crippen molar-refractivity contribution in [2.45, 2.75) is 38.9 Å². The van der Waals surface area contributed by atoms with Crippen LogP contribution in [0.25, 0.3) is 0 Å². The summed E-state index contributed by atoms with van der Waals surface area (Å²) in [6.07, 6.45) is 0.192. The van der Waals surface area contributed by atoms with Gasteiger partial charge in [0.25, 0.3) is 0 Å². The van der Waals surface area contributed by atoms with Crippen LogP contribution in [0.1, 0.15) is 27.2 Å². The van der Waals surface area contributed by atoms with Crippen LogP contribution in [0, 0.1) is 5.92 Å². The molecule has 0 radical (unpaired) electrons. The van der Waals surface area contributed by atoms with Crippen LogP contribution in [0.5, 0.6) is 0 Å². The molecule has 1 amide bonds. The van der Waals surface area contributed by atoms with Crippen molar-refractivity contribution in [1.29, 1.82) is 0 Å². The minimum Gasteiger partial charge on any atom is -0.394 e. The Labute approximate surface area is 109 Å². The maximum absolute atomic E-state index is 12.2. The van der Waals surface area contributed by atoms with E-state index in [2.05, 4.69) is 0 Å². The van der Waals surface area contributed by atoms with Gasteiger partial charge in [0.2, 0.25) is 5.91 Å². The average molecular weight is 259 g/mol. The predicted octanol–water partition coefficient (Wildman–Crippen LogP) is 0.657. The van der Waals surface area contributed by atoms with Crippen molar-refractivity contribution in [2.75, 3.05) is 33.4 Å². The number of hydrogen-bond donors (Lipinski definition) is 1. The first-order chi connectivity index (χ1) is 8.38. The number of nitrogens with zero attached hydrogens (tertiary/aromatic N) is 1. The molecule has 0 saturated carbocycles. The zero-order chi connectivity index (χ0) is 13.8. The van der Waals surface area contributed by atoms with Crippen molar-refractivity contribution in [1.82, 2.24) is 4.90 Å². The predicted molar refractivity (Wildman–Crippen MR) is 68.3 cm³/mol. The summed E-state index contributed by atoms with van der Waals surface area (Å²) in [7, 11) is 1.64. The fourth-order valence-electron chi connectivity index (χ4n) is 2.35. The fraction of sp³-hybridized carbons (Fsp3) is 0.923. The van der Waals surface area contributed by atoms with Crippen LogP contribution in [-0.2, 0) is 14.3 Å². The van der Waals surface area contributed by atoms with E-state index in [1.165, 1.54) is 0 Å². The van der Waals surface area contributed by atoms with Gasteiger partial charge < -0.3 is 19.5 Å². The summed E-state index contributed by atoms with van der Waals surface area (Å²) < 4.78 is 10.7. The molecule has 1 saturated heterocycles. The summed E-state index contributed by atoms with van der Waals surface area (Å²) in [5, 5.41) is 9.21. The molecule has 0 aliphatic carbocycles. The highest BCUT2D eigenvalue weighted by atomic mass is 16.5. The van der Waals surface area contributed by atoms with Crippen LogP contribution >= 0.6 is 0 Å². The van der Waals surface area contributed by atoms with E-state index in [9.17, 15) is 9.90 Å². The molecule has 1 rings (SSSR count). The molecule has 0 aromatic heterocycles. The van der Waals surface area contributed by atoms with Gasteiger partial charge in [-0.05, 0) is 19.8 Å². The Hall–Kier alpha value is -0.650. The number of aliphatic hydroxyl groups excluding tert-OH is 1. The van der Waals surface area contributed by atoms with Crippen molar-refractivity contribution in [2.24, 2.45) is 5.92 Å². The maximum Gasteiger partial charge on any atom is 0.223 e. The van der Waals surface area contributed by atoms with E-state index in [1.807, 2.05) is 20.8 Å². The topological polar surface area (TPSA) is 59.0 Å². The third-order valence-corrected chi connectivity index (χ3v) is 3.01. The van der Waals surface area contributed by atoms with Gasteiger partial charge in [0, 0.05) is 33.2 Å². The molecule has 0 aromatic carbocycles. The summed E-state index contributed by atoms with van der Waals surface area (Å²) in [4.78, 5) is 14.0. The number of amides is 1. The van der Waals surface area contributed by atoms with Crippen molar-refractivity contribution in [3.8, 4) is 0 Å². The number of hydrogen-bond acceptors (Lipinski definition) is 4. The van der Waals surface area contributed by atoms with Crippen molar-refractivity contribution in [3.63, 3.8) is 0 Å². The normalized spacial score (nSPS) is 24.9. The first kappa shape index (κ1) is 15.4. The molecule has 1 aliphatic rings. The van der Waals surface area contributed by atoms with Crippen molar-refractivity contribution in [3.05, 3.63) is 0 Å². The molecule has 18 heavy (non-hydrogen) atoms. The molecular formula is C13H25NO4. The summed E-state index contributed by atoms with van der Waals surface area (Å²) in [5.41, 5.74) is -0.397. The number of carbonyl (C=O) groups excluding carboxylic acids is 1. The van der Waals surface area contributed by atoms with Crippen molar-refractivity contribution >= 4 is 5.91 Å². The number of rotatable bonds is 5. The number of aliphatic hydroxyl groups is 1. The minimum atomic E-state index is -0.397. The van der Waals surface area contributed by atoms with Crippen LogP contribution in [0.3, 0.4) is 0 Å². The largest absolute Gasteiger partial charge is 0.394 e. The van der Waals surface area contributed by atoms with Crippen LogP contribution in [0.4, 0.5) is 0 Å². The van der Waals surface area contributed by atoms with Crippen LogP contribution < -0.4 is 0 Å². The van der Waals surface area contributed by atoms with Crippen LogP contribution in [-0.4, -0.2) is 61.0 Å². The molecule has 1 heterocycles. The lowest BCUT2D eigenvalue weighted by atomic mass is 10.0. The Morgan fingerprint density at radius 2 is 2.28 bits per heavy atom. The van der Waals surface area contributed by atoms with Gasteiger partial charge in [-0.25, -0.2) is 0 Å². The molecule has 0 aromatic rings. The molecule has 106 valence electrons. The Morgan fingerprint density at radius 3 is 2.83 bits per heavy atom. The smallest absolute Gasteiger partial charge is 0.223 e. The SMILES string of the molecule is COCC(C)CC(=O)N1CC(CO)OC(C)(C)C1.